The summed E-state index contributed by atoms with van der Waals surface area (Å²) in [7, 11) is 0. The summed E-state index contributed by atoms with van der Waals surface area (Å²) in [5.41, 5.74) is 2.93. The van der Waals surface area contributed by atoms with Gasteiger partial charge in [-0.3, -0.25) is 9.78 Å². The fraction of sp³-hybridized carbons (Fsp3) is 0.450. The van der Waals surface area contributed by atoms with Crippen LogP contribution in [0.4, 0.5) is 14.7 Å². The van der Waals surface area contributed by atoms with Gasteiger partial charge in [0.2, 0.25) is 5.95 Å². The lowest BCUT2D eigenvalue weighted by atomic mass is 9.99. The second-order valence-electron chi connectivity index (χ2n) is 8.15. The molecule has 2 fully saturated rings. The Kier molecular flexibility index (Phi) is 4.10. The summed E-state index contributed by atoms with van der Waals surface area (Å²) in [5.74, 6) is -2.30. The molecule has 2 atom stereocenters. The molecular weight excluding hydrogens is 444 g/mol. The summed E-state index contributed by atoms with van der Waals surface area (Å²) >= 11 is 3.49. The summed E-state index contributed by atoms with van der Waals surface area (Å²) in [5, 5.41) is 4.92. The highest BCUT2D eigenvalue weighted by molar-refractivity contribution is 9.10. The third-order valence-corrected chi connectivity index (χ3v) is 6.45. The number of hydrogen-bond donors (Lipinski definition) is 1. The number of nitrogens with zero attached hydrogens (tertiary/aromatic N) is 4. The number of H-pyrrole nitrogens is 1. The van der Waals surface area contributed by atoms with Gasteiger partial charge in [0.1, 0.15) is 5.39 Å². The van der Waals surface area contributed by atoms with E-state index in [0.29, 0.717) is 29.8 Å². The fourth-order valence-corrected chi connectivity index (χ4v) is 5.57. The Labute approximate surface area is 174 Å². The van der Waals surface area contributed by atoms with E-state index in [-0.39, 0.29) is 30.5 Å². The Morgan fingerprint density at radius 2 is 1.79 bits per heavy atom. The highest BCUT2D eigenvalue weighted by Crippen LogP contribution is 2.44. The van der Waals surface area contributed by atoms with Gasteiger partial charge in [-0.15, -0.1) is 5.10 Å². The maximum Gasteiger partial charge on any atom is 0.263 e. The average Bonchev–Trinajstić information content (AvgIpc) is 3.13. The van der Waals surface area contributed by atoms with Crippen molar-refractivity contribution in [2.45, 2.75) is 57.5 Å². The summed E-state index contributed by atoms with van der Waals surface area (Å²) in [6.07, 6.45) is 2.66. The van der Waals surface area contributed by atoms with Crippen LogP contribution in [0.2, 0.25) is 0 Å². The monoisotopic (exact) mass is 463 g/mol. The SMILES string of the molecule is Cc1cc(Br)cc(C)c1-n1cc2c(=O)[nH]c(N3C4CCC3CC(F)(F)C4)nc2n1. The molecule has 0 spiro atoms. The molecule has 2 aliphatic rings. The van der Waals surface area contributed by atoms with Crippen LogP contribution >= 0.6 is 15.9 Å². The van der Waals surface area contributed by atoms with Crippen molar-refractivity contribution < 1.29 is 8.78 Å². The van der Waals surface area contributed by atoms with Gasteiger partial charge in [0.05, 0.1) is 5.69 Å². The van der Waals surface area contributed by atoms with Crippen LogP contribution in [0.5, 0.6) is 0 Å². The standard InChI is InChI=1S/C20H20BrF2N5O/c1-10-5-12(21)6-11(2)16(10)27-9-15-17(26-27)24-19(25-18(15)29)28-13-3-4-14(28)8-20(22,23)7-13/h5-6,9,13-14H,3-4,7-8H2,1-2H3,(H,24,25,26,29). The summed E-state index contributed by atoms with van der Waals surface area (Å²) in [6, 6.07) is 3.37. The van der Waals surface area contributed by atoms with E-state index >= 15 is 0 Å². The number of aromatic nitrogens is 4. The largest absolute Gasteiger partial charge is 0.336 e. The summed E-state index contributed by atoms with van der Waals surface area (Å²) in [6.45, 7) is 3.96. The van der Waals surface area contributed by atoms with Gasteiger partial charge in [-0.05, 0) is 49.9 Å². The van der Waals surface area contributed by atoms with Crippen LogP contribution in [0.25, 0.3) is 16.7 Å². The van der Waals surface area contributed by atoms with Gasteiger partial charge < -0.3 is 4.90 Å². The van der Waals surface area contributed by atoms with Gasteiger partial charge >= 0.3 is 0 Å². The van der Waals surface area contributed by atoms with Crippen LogP contribution in [0.15, 0.2) is 27.6 Å². The number of aryl methyl sites for hydroxylation is 2. The third kappa shape index (κ3) is 3.06. The number of hydrogen-bond acceptors (Lipinski definition) is 4. The van der Waals surface area contributed by atoms with E-state index in [4.69, 9.17) is 0 Å². The minimum atomic E-state index is -2.65. The smallest absolute Gasteiger partial charge is 0.263 e. The van der Waals surface area contributed by atoms with Gasteiger partial charge in [0, 0.05) is 35.6 Å². The van der Waals surface area contributed by atoms with Gasteiger partial charge in [-0.25, -0.2) is 13.5 Å². The zero-order valence-corrected chi connectivity index (χ0v) is 17.6. The summed E-state index contributed by atoms with van der Waals surface area (Å²) < 4.78 is 30.5. The molecule has 0 amide bonds. The molecule has 29 heavy (non-hydrogen) atoms. The Bertz CT molecular complexity index is 1150. The Hall–Kier alpha value is -2.29. The molecule has 2 bridgehead atoms. The van der Waals surface area contributed by atoms with Crippen LogP contribution in [-0.2, 0) is 0 Å². The fourth-order valence-electron chi connectivity index (χ4n) is 4.89. The Morgan fingerprint density at radius 3 is 2.41 bits per heavy atom. The lowest BCUT2D eigenvalue weighted by molar-refractivity contribution is -0.0360. The number of alkyl halides is 2. The van der Waals surface area contributed by atoms with Crippen LogP contribution in [0.3, 0.4) is 0 Å². The predicted molar refractivity (Wildman–Crippen MR) is 110 cm³/mol. The molecule has 3 aromatic rings. The number of benzene rings is 1. The first-order chi connectivity index (χ1) is 13.7. The molecule has 5 rings (SSSR count). The lowest BCUT2D eigenvalue weighted by Gasteiger charge is -2.38. The average molecular weight is 464 g/mol. The maximum atomic E-state index is 13.9. The second-order valence-corrected chi connectivity index (χ2v) is 9.06. The van der Waals surface area contributed by atoms with Crippen molar-refractivity contribution in [3.8, 4) is 5.69 Å². The molecular formula is C20H20BrF2N5O. The van der Waals surface area contributed by atoms with Crippen LogP contribution in [0.1, 0.15) is 36.8 Å². The van der Waals surface area contributed by atoms with Crippen molar-refractivity contribution in [2.75, 3.05) is 4.90 Å². The highest BCUT2D eigenvalue weighted by Gasteiger charge is 2.50. The zero-order valence-electron chi connectivity index (χ0n) is 16.0. The molecule has 2 aromatic heterocycles. The molecule has 4 heterocycles. The van der Waals surface area contributed by atoms with Gasteiger partial charge in [0.15, 0.2) is 5.65 Å². The lowest BCUT2D eigenvalue weighted by Crippen LogP contribution is -2.48. The van der Waals surface area contributed by atoms with Crippen molar-refractivity contribution >= 4 is 32.9 Å². The molecule has 2 saturated heterocycles. The topological polar surface area (TPSA) is 66.8 Å². The molecule has 6 nitrogen and oxygen atoms in total. The molecule has 152 valence electrons. The zero-order chi connectivity index (χ0) is 20.5. The number of piperidine rings is 1. The molecule has 2 unspecified atom stereocenters. The van der Waals surface area contributed by atoms with Crippen molar-refractivity contribution in [1.82, 2.24) is 19.7 Å². The maximum absolute atomic E-state index is 13.9. The van der Waals surface area contributed by atoms with Crippen molar-refractivity contribution in [3.05, 3.63) is 44.3 Å². The first-order valence-electron chi connectivity index (χ1n) is 9.65. The number of halogens is 3. The highest BCUT2D eigenvalue weighted by atomic mass is 79.9. The van der Waals surface area contributed by atoms with Gasteiger partial charge in [-0.1, -0.05) is 15.9 Å². The van der Waals surface area contributed by atoms with E-state index < -0.39 is 5.92 Å². The van der Waals surface area contributed by atoms with Gasteiger partial charge in [0.25, 0.3) is 11.5 Å². The Morgan fingerprint density at radius 1 is 1.17 bits per heavy atom. The number of rotatable bonds is 2. The number of anilines is 1. The van der Waals surface area contributed by atoms with Crippen LogP contribution in [0, 0.1) is 13.8 Å². The molecule has 2 aliphatic heterocycles. The predicted octanol–water partition coefficient (Wildman–Crippen LogP) is 4.25. The molecule has 0 aliphatic carbocycles. The van der Waals surface area contributed by atoms with E-state index in [9.17, 15) is 13.6 Å². The molecule has 1 N–H and O–H groups in total. The quantitative estimate of drug-likeness (QED) is 0.616. The number of fused-ring (bicyclic) bond motifs is 3. The molecule has 0 radical (unpaired) electrons. The van der Waals surface area contributed by atoms with Crippen LogP contribution in [-0.4, -0.2) is 37.8 Å². The first-order valence-corrected chi connectivity index (χ1v) is 10.4. The number of nitrogens with one attached hydrogen (secondary N) is 1. The minimum Gasteiger partial charge on any atom is -0.336 e. The van der Waals surface area contributed by atoms with Crippen LogP contribution < -0.4 is 10.5 Å². The normalized spacial score (nSPS) is 23.1. The van der Waals surface area contributed by atoms with Gasteiger partial charge in [-0.2, -0.15) is 4.98 Å². The molecule has 1 aromatic carbocycles. The minimum absolute atomic E-state index is 0.197. The second kappa shape index (κ2) is 6.35. The molecule has 0 saturated carbocycles. The van der Waals surface area contributed by atoms with E-state index in [1.807, 2.05) is 30.9 Å². The third-order valence-electron chi connectivity index (χ3n) is 5.99. The van der Waals surface area contributed by atoms with E-state index in [0.717, 1.165) is 21.3 Å². The van der Waals surface area contributed by atoms with E-state index in [1.165, 1.54) is 0 Å². The Balaban J connectivity index is 1.59. The van der Waals surface area contributed by atoms with E-state index in [2.05, 4.69) is 31.0 Å². The van der Waals surface area contributed by atoms with E-state index in [1.54, 1.807) is 10.9 Å². The first kappa shape index (κ1) is 18.7. The summed E-state index contributed by atoms with van der Waals surface area (Å²) in [4.78, 5) is 22.0. The van der Waals surface area contributed by atoms with Crippen molar-refractivity contribution in [1.29, 1.82) is 0 Å². The van der Waals surface area contributed by atoms with Crippen molar-refractivity contribution in [2.24, 2.45) is 0 Å². The molecule has 9 heteroatoms. The van der Waals surface area contributed by atoms with Crippen molar-refractivity contribution in [3.63, 3.8) is 0 Å². The number of aromatic amines is 1.